The maximum Gasteiger partial charge on any atom is 0.118 e. The van der Waals surface area contributed by atoms with Crippen molar-refractivity contribution in [3.8, 4) is 0 Å². The Bertz CT molecular complexity index is 129. The van der Waals surface area contributed by atoms with Crippen LogP contribution in [-0.2, 0) is 0 Å². The lowest BCUT2D eigenvalue weighted by Gasteiger charge is -2.33. The Balaban J connectivity index is 2.44. The van der Waals surface area contributed by atoms with Gasteiger partial charge in [0.15, 0.2) is 0 Å². The fraction of sp³-hybridized carbons (Fsp3) is 1.00. The predicted octanol–water partition coefficient (Wildman–Crippen LogP) is 0.657. The molecule has 1 rings (SSSR count). The molecule has 0 radical (unpaired) electrons. The van der Waals surface area contributed by atoms with Crippen LogP contribution in [0.5, 0.6) is 0 Å². The van der Waals surface area contributed by atoms with Gasteiger partial charge in [-0.15, -0.1) is 0 Å². The van der Waals surface area contributed by atoms with Gasteiger partial charge in [0.1, 0.15) is 6.17 Å². The minimum absolute atomic E-state index is 0.147. The SMILES string of the molecule is CC(O)C1CCN(C)CC1F. The zero-order valence-corrected chi connectivity index (χ0v) is 7.13. The van der Waals surface area contributed by atoms with Crippen LogP contribution in [0.15, 0.2) is 0 Å². The van der Waals surface area contributed by atoms with E-state index in [1.807, 2.05) is 11.9 Å². The summed E-state index contributed by atoms with van der Waals surface area (Å²) in [6.45, 7) is 3.04. The van der Waals surface area contributed by atoms with Crippen LogP contribution in [0.2, 0.25) is 0 Å². The van der Waals surface area contributed by atoms with Crippen LogP contribution in [0.1, 0.15) is 13.3 Å². The van der Waals surface area contributed by atoms with E-state index in [4.69, 9.17) is 0 Å². The number of piperidine rings is 1. The smallest absolute Gasteiger partial charge is 0.118 e. The van der Waals surface area contributed by atoms with Crippen LogP contribution < -0.4 is 0 Å². The van der Waals surface area contributed by atoms with Crippen molar-refractivity contribution in [1.29, 1.82) is 0 Å². The van der Waals surface area contributed by atoms with E-state index in [-0.39, 0.29) is 5.92 Å². The molecule has 3 atom stereocenters. The van der Waals surface area contributed by atoms with Crippen molar-refractivity contribution in [2.24, 2.45) is 5.92 Å². The van der Waals surface area contributed by atoms with Gasteiger partial charge >= 0.3 is 0 Å². The Morgan fingerprint density at radius 3 is 2.73 bits per heavy atom. The summed E-state index contributed by atoms with van der Waals surface area (Å²) in [6.07, 6.45) is -0.581. The highest BCUT2D eigenvalue weighted by molar-refractivity contribution is 4.81. The average Bonchev–Trinajstić information content (AvgIpc) is 1.85. The third-order valence-electron chi connectivity index (χ3n) is 2.41. The molecule has 0 spiro atoms. The van der Waals surface area contributed by atoms with Crippen molar-refractivity contribution in [3.05, 3.63) is 0 Å². The summed E-state index contributed by atoms with van der Waals surface area (Å²) in [7, 11) is 1.91. The standard InChI is InChI=1S/C8H16FNO/c1-6(11)7-3-4-10(2)5-8(7)9/h6-8,11H,3-5H2,1-2H3. The first-order valence-corrected chi connectivity index (χ1v) is 4.12. The van der Waals surface area contributed by atoms with E-state index in [0.717, 1.165) is 13.0 Å². The molecular formula is C8H16FNO. The molecule has 1 saturated heterocycles. The topological polar surface area (TPSA) is 23.5 Å². The molecule has 0 aromatic rings. The van der Waals surface area contributed by atoms with E-state index in [1.165, 1.54) is 0 Å². The molecule has 1 N–H and O–H groups in total. The molecule has 1 heterocycles. The summed E-state index contributed by atoms with van der Waals surface area (Å²) >= 11 is 0. The summed E-state index contributed by atoms with van der Waals surface area (Å²) in [5, 5.41) is 9.18. The number of likely N-dealkylation sites (tertiary alicyclic amines) is 1. The first kappa shape index (κ1) is 8.94. The molecule has 0 aromatic heterocycles. The summed E-state index contributed by atoms with van der Waals surface area (Å²) < 4.78 is 13.1. The van der Waals surface area contributed by atoms with Crippen molar-refractivity contribution in [2.45, 2.75) is 25.6 Å². The summed E-state index contributed by atoms with van der Waals surface area (Å²) in [6, 6.07) is 0. The Kier molecular flexibility index (Phi) is 2.84. The minimum Gasteiger partial charge on any atom is -0.393 e. The fourth-order valence-electron chi connectivity index (χ4n) is 1.62. The van der Waals surface area contributed by atoms with E-state index >= 15 is 0 Å². The number of aliphatic hydroxyl groups is 1. The highest BCUT2D eigenvalue weighted by atomic mass is 19.1. The largest absolute Gasteiger partial charge is 0.393 e. The number of halogens is 1. The van der Waals surface area contributed by atoms with Crippen LogP contribution in [-0.4, -0.2) is 42.4 Å². The fourth-order valence-corrected chi connectivity index (χ4v) is 1.62. The van der Waals surface area contributed by atoms with E-state index < -0.39 is 12.3 Å². The van der Waals surface area contributed by atoms with Crippen LogP contribution in [0.4, 0.5) is 4.39 Å². The molecule has 1 aliphatic rings. The number of alkyl halides is 1. The molecule has 0 aliphatic carbocycles. The Hall–Kier alpha value is -0.150. The molecule has 1 aliphatic heterocycles. The molecule has 2 nitrogen and oxygen atoms in total. The normalized spacial score (nSPS) is 37.1. The molecule has 0 saturated carbocycles. The van der Waals surface area contributed by atoms with Gasteiger partial charge in [-0.2, -0.15) is 0 Å². The third kappa shape index (κ3) is 2.14. The molecule has 66 valence electrons. The highest BCUT2D eigenvalue weighted by Crippen LogP contribution is 2.22. The van der Waals surface area contributed by atoms with Crippen molar-refractivity contribution in [2.75, 3.05) is 20.1 Å². The zero-order chi connectivity index (χ0) is 8.43. The van der Waals surface area contributed by atoms with E-state index in [1.54, 1.807) is 6.92 Å². The molecule has 11 heavy (non-hydrogen) atoms. The summed E-state index contributed by atoms with van der Waals surface area (Å²) in [4.78, 5) is 1.96. The van der Waals surface area contributed by atoms with E-state index in [0.29, 0.717) is 6.54 Å². The molecule has 3 heteroatoms. The maximum absolute atomic E-state index is 13.1. The number of aliphatic hydroxyl groups excluding tert-OH is 1. The Morgan fingerprint density at radius 2 is 2.27 bits per heavy atom. The van der Waals surface area contributed by atoms with Crippen molar-refractivity contribution >= 4 is 0 Å². The van der Waals surface area contributed by atoms with Gasteiger partial charge in [0.05, 0.1) is 6.10 Å². The maximum atomic E-state index is 13.1. The summed E-state index contributed by atoms with van der Waals surface area (Å²) in [5.74, 6) is -0.147. The van der Waals surface area contributed by atoms with Gasteiger partial charge < -0.3 is 10.0 Å². The molecule has 1 fully saturated rings. The van der Waals surface area contributed by atoms with Crippen LogP contribution >= 0.6 is 0 Å². The van der Waals surface area contributed by atoms with Gasteiger partial charge in [0.25, 0.3) is 0 Å². The van der Waals surface area contributed by atoms with Crippen molar-refractivity contribution in [3.63, 3.8) is 0 Å². The molecule has 0 bridgehead atoms. The van der Waals surface area contributed by atoms with Gasteiger partial charge in [0, 0.05) is 12.5 Å². The Morgan fingerprint density at radius 1 is 1.64 bits per heavy atom. The molecule has 0 aromatic carbocycles. The second kappa shape index (κ2) is 3.50. The molecule has 0 amide bonds. The minimum atomic E-state index is -0.853. The highest BCUT2D eigenvalue weighted by Gasteiger charge is 2.30. The molecule has 3 unspecified atom stereocenters. The van der Waals surface area contributed by atoms with Crippen LogP contribution in [0.3, 0.4) is 0 Å². The van der Waals surface area contributed by atoms with Crippen LogP contribution in [0.25, 0.3) is 0 Å². The Labute approximate surface area is 67.0 Å². The number of hydrogen-bond acceptors (Lipinski definition) is 2. The lowest BCUT2D eigenvalue weighted by Crippen LogP contribution is -2.43. The van der Waals surface area contributed by atoms with Crippen molar-refractivity contribution in [1.82, 2.24) is 4.90 Å². The lowest BCUT2D eigenvalue weighted by atomic mass is 9.91. The van der Waals surface area contributed by atoms with Crippen LogP contribution in [0, 0.1) is 5.92 Å². The number of hydrogen-bond donors (Lipinski definition) is 1. The number of rotatable bonds is 1. The van der Waals surface area contributed by atoms with E-state index in [2.05, 4.69) is 0 Å². The first-order valence-electron chi connectivity index (χ1n) is 4.12. The molecular weight excluding hydrogens is 145 g/mol. The number of nitrogens with zero attached hydrogens (tertiary/aromatic N) is 1. The summed E-state index contributed by atoms with van der Waals surface area (Å²) in [5.41, 5.74) is 0. The zero-order valence-electron chi connectivity index (χ0n) is 7.13. The van der Waals surface area contributed by atoms with Gasteiger partial charge in [-0.05, 0) is 26.9 Å². The van der Waals surface area contributed by atoms with Gasteiger partial charge in [-0.1, -0.05) is 0 Å². The van der Waals surface area contributed by atoms with Crippen molar-refractivity contribution < 1.29 is 9.50 Å². The first-order chi connectivity index (χ1) is 5.11. The van der Waals surface area contributed by atoms with Gasteiger partial charge in [0.2, 0.25) is 0 Å². The predicted molar refractivity (Wildman–Crippen MR) is 42.2 cm³/mol. The second-order valence-corrected chi connectivity index (χ2v) is 3.47. The quantitative estimate of drug-likeness (QED) is 0.610. The van der Waals surface area contributed by atoms with Gasteiger partial charge in [-0.25, -0.2) is 4.39 Å². The second-order valence-electron chi connectivity index (χ2n) is 3.47. The monoisotopic (exact) mass is 161 g/mol. The van der Waals surface area contributed by atoms with Gasteiger partial charge in [-0.3, -0.25) is 0 Å². The third-order valence-corrected chi connectivity index (χ3v) is 2.41. The lowest BCUT2D eigenvalue weighted by molar-refractivity contribution is 0.0172. The van der Waals surface area contributed by atoms with E-state index in [9.17, 15) is 9.50 Å². The average molecular weight is 161 g/mol.